The van der Waals surface area contributed by atoms with Crippen molar-refractivity contribution in [2.45, 2.75) is 49.6 Å². The molecule has 2 aliphatic rings. The summed E-state index contributed by atoms with van der Waals surface area (Å²) in [6.45, 7) is 1.73. The molecule has 1 aliphatic heterocycles. The third-order valence-corrected chi connectivity index (χ3v) is 7.99. The lowest BCUT2D eigenvalue weighted by Crippen LogP contribution is -2.53. The molecule has 1 saturated carbocycles. The average molecular weight is 444 g/mol. The van der Waals surface area contributed by atoms with Crippen LogP contribution in [0.1, 0.15) is 36.1 Å². The molecule has 0 bridgehead atoms. The van der Waals surface area contributed by atoms with Gasteiger partial charge in [-0.3, -0.25) is 0 Å². The molecule has 1 aliphatic carbocycles. The van der Waals surface area contributed by atoms with Crippen molar-refractivity contribution in [3.63, 3.8) is 0 Å². The first-order valence-corrected chi connectivity index (χ1v) is 11.9. The van der Waals surface area contributed by atoms with Crippen LogP contribution in [0.3, 0.4) is 0 Å². The van der Waals surface area contributed by atoms with Crippen molar-refractivity contribution in [3.05, 3.63) is 46.2 Å². The Morgan fingerprint density at radius 1 is 1.23 bits per heavy atom. The zero-order valence-corrected chi connectivity index (χ0v) is 19.5. The summed E-state index contributed by atoms with van der Waals surface area (Å²) in [5, 5.41) is 8.31. The van der Waals surface area contributed by atoms with Crippen LogP contribution in [0, 0.1) is 0 Å². The van der Waals surface area contributed by atoms with Crippen molar-refractivity contribution in [2.75, 3.05) is 34.4 Å². The van der Waals surface area contributed by atoms with Crippen LogP contribution in [-0.4, -0.2) is 57.4 Å². The summed E-state index contributed by atoms with van der Waals surface area (Å²) in [5.41, 5.74) is 1.42. The van der Waals surface area contributed by atoms with Crippen molar-refractivity contribution < 1.29 is 14.3 Å². The van der Waals surface area contributed by atoms with Gasteiger partial charge in [0.05, 0.1) is 14.2 Å². The number of carbonyl (C=O) groups is 1. The Labute approximate surface area is 188 Å². The van der Waals surface area contributed by atoms with Gasteiger partial charge in [0.1, 0.15) is 0 Å². The van der Waals surface area contributed by atoms with Crippen molar-refractivity contribution in [1.82, 2.24) is 15.5 Å². The monoisotopic (exact) mass is 443 g/mol. The van der Waals surface area contributed by atoms with Crippen LogP contribution < -0.4 is 20.1 Å². The Hall–Kier alpha value is -2.25. The molecule has 2 fully saturated rings. The molecule has 2 amide bonds. The molecule has 0 unspecified atom stereocenters. The first kappa shape index (κ1) is 22.0. The normalized spacial score (nSPS) is 25.6. The lowest BCUT2D eigenvalue weighted by molar-refractivity contribution is 0.154. The highest BCUT2D eigenvalue weighted by Gasteiger charge is 2.50. The molecule has 1 aromatic carbocycles. The van der Waals surface area contributed by atoms with Crippen LogP contribution in [-0.2, 0) is 11.8 Å². The minimum Gasteiger partial charge on any atom is -0.493 e. The van der Waals surface area contributed by atoms with E-state index in [9.17, 15) is 4.79 Å². The van der Waals surface area contributed by atoms with Crippen molar-refractivity contribution in [2.24, 2.45) is 0 Å². The summed E-state index contributed by atoms with van der Waals surface area (Å²) in [7, 11) is 5.57. The highest BCUT2D eigenvalue weighted by molar-refractivity contribution is 7.09. The van der Waals surface area contributed by atoms with Crippen LogP contribution in [0.2, 0.25) is 0 Å². The van der Waals surface area contributed by atoms with E-state index in [4.69, 9.17) is 9.47 Å². The van der Waals surface area contributed by atoms with Gasteiger partial charge < -0.3 is 25.0 Å². The number of nitrogens with one attached hydrogen (secondary N) is 2. The highest BCUT2D eigenvalue weighted by atomic mass is 32.1. The Morgan fingerprint density at radius 3 is 2.81 bits per heavy atom. The van der Waals surface area contributed by atoms with Gasteiger partial charge in [-0.05, 0) is 74.8 Å². The predicted molar refractivity (Wildman–Crippen MR) is 124 cm³/mol. The quantitative estimate of drug-likeness (QED) is 0.683. The van der Waals surface area contributed by atoms with E-state index in [1.54, 1.807) is 25.6 Å². The van der Waals surface area contributed by atoms with Gasteiger partial charge in [0.15, 0.2) is 11.5 Å². The number of benzene rings is 1. The number of thiophene rings is 1. The minimum absolute atomic E-state index is 0.0548. The number of ether oxygens (including phenoxy) is 2. The molecular weight excluding hydrogens is 410 g/mol. The molecule has 2 N–H and O–H groups in total. The van der Waals surface area contributed by atoms with Crippen molar-refractivity contribution in [3.8, 4) is 11.5 Å². The van der Waals surface area contributed by atoms with E-state index in [1.807, 2.05) is 12.1 Å². The third-order valence-electron chi connectivity index (χ3n) is 7.06. The first-order valence-electron chi connectivity index (χ1n) is 11.1. The van der Waals surface area contributed by atoms with Crippen LogP contribution in [0.15, 0.2) is 35.7 Å². The van der Waals surface area contributed by atoms with E-state index in [1.165, 1.54) is 10.4 Å². The summed E-state index contributed by atoms with van der Waals surface area (Å²) in [5.74, 6) is 1.55. The summed E-state index contributed by atoms with van der Waals surface area (Å²) in [6, 6.07) is 11.1. The second-order valence-electron chi connectivity index (χ2n) is 8.67. The maximum Gasteiger partial charge on any atom is 0.315 e. The number of rotatable bonds is 7. The number of likely N-dealkylation sites (tertiary alicyclic amines) is 1. The van der Waals surface area contributed by atoms with E-state index in [-0.39, 0.29) is 17.5 Å². The standard InChI is InChI=1S/C24H33N3O3S/c1-27-13-11-24(17-6-7-20(29-2)21(15-17)30-3)10-8-18(16-22(24)27)26-23(28)25-12-9-19-5-4-14-31-19/h4-7,14-15,18,22H,8-13,16H2,1-3H3,(H2,25,26,28)/t18-,22+,24+/m1/s1. The number of fused-ring (bicyclic) bond motifs is 1. The van der Waals surface area contributed by atoms with Gasteiger partial charge in [0.25, 0.3) is 0 Å². The fraction of sp³-hybridized carbons (Fsp3) is 0.542. The predicted octanol–water partition coefficient (Wildman–Crippen LogP) is 3.80. The molecule has 2 heterocycles. The number of carbonyl (C=O) groups excluding carboxylic acids is 1. The number of likely N-dealkylation sites (N-methyl/N-ethyl adjacent to an activating group) is 1. The van der Waals surface area contributed by atoms with Crippen molar-refractivity contribution in [1.29, 1.82) is 0 Å². The molecule has 1 saturated heterocycles. The summed E-state index contributed by atoms with van der Waals surface area (Å²) >= 11 is 1.73. The van der Waals surface area contributed by atoms with Gasteiger partial charge in [-0.15, -0.1) is 11.3 Å². The minimum atomic E-state index is -0.0548. The van der Waals surface area contributed by atoms with Crippen LogP contribution >= 0.6 is 11.3 Å². The van der Waals surface area contributed by atoms with Gasteiger partial charge >= 0.3 is 6.03 Å². The van der Waals surface area contributed by atoms with Gasteiger partial charge in [0, 0.05) is 28.9 Å². The van der Waals surface area contributed by atoms with Crippen LogP contribution in [0.4, 0.5) is 4.79 Å². The maximum atomic E-state index is 12.5. The Balaban J connectivity index is 1.40. The fourth-order valence-electron chi connectivity index (χ4n) is 5.39. The molecule has 2 aromatic rings. The number of methoxy groups -OCH3 is 2. The van der Waals surface area contributed by atoms with E-state index < -0.39 is 0 Å². The Bertz CT molecular complexity index is 888. The zero-order valence-electron chi connectivity index (χ0n) is 18.6. The summed E-state index contributed by atoms with van der Waals surface area (Å²) < 4.78 is 11.0. The van der Waals surface area contributed by atoms with E-state index in [0.717, 1.165) is 50.1 Å². The third kappa shape index (κ3) is 4.53. The van der Waals surface area contributed by atoms with Gasteiger partial charge in [-0.2, -0.15) is 0 Å². The SMILES string of the molecule is COc1ccc([C@@]23CC[C@@H](NC(=O)NCCc4cccs4)C[C@@H]2N(C)CC3)cc1OC. The molecule has 0 spiro atoms. The molecule has 7 heteroatoms. The van der Waals surface area contributed by atoms with Crippen molar-refractivity contribution >= 4 is 17.4 Å². The lowest BCUT2D eigenvalue weighted by Gasteiger charge is -2.45. The van der Waals surface area contributed by atoms with Gasteiger partial charge in [0.2, 0.25) is 0 Å². The molecular formula is C24H33N3O3S. The first-order chi connectivity index (χ1) is 15.1. The largest absolute Gasteiger partial charge is 0.493 e. The maximum absolute atomic E-state index is 12.5. The van der Waals surface area contributed by atoms with Gasteiger partial charge in [-0.1, -0.05) is 12.1 Å². The summed E-state index contributed by atoms with van der Waals surface area (Å²) in [4.78, 5) is 16.2. The van der Waals surface area contributed by atoms with E-state index in [2.05, 4.69) is 46.2 Å². The molecule has 6 nitrogen and oxygen atoms in total. The zero-order chi connectivity index (χ0) is 21.8. The average Bonchev–Trinajstić information content (AvgIpc) is 3.42. The number of urea groups is 1. The van der Waals surface area contributed by atoms with E-state index >= 15 is 0 Å². The fourth-order valence-corrected chi connectivity index (χ4v) is 6.09. The second-order valence-corrected chi connectivity index (χ2v) is 9.71. The number of amides is 2. The molecule has 31 heavy (non-hydrogen) atoms. The van der Waals surface area contributed by atoms with Crippen LogP contribution in [0.5, 0.6) is 11.5 Å². The Morgan fingerprint density at radius 2 is 2.06 bits per heavy atom. The summed E-state index contributed by atoms with van der Waals surface area (Å²) in [6.07, 6.45) is 5.00. The Kier molecular flexibility index (Phi) is 6.72. The van der Waals surface area contributed by atoms with Crippen LogP contribution in [0.25, 0.3) is 0 Å². The van der Waals surface area contributed by atoms with E-state index in [0.29, 0.717) is 12.6 Å². The molecule has 4 rings (SSSR count). The topological polar surface area (TPSA) is 62.8 Å². The smallest absolute Gasteiger partial charge is 0.315 e. The highest BCUT2D eigenvalue weighted by Crippen LogP contribution is 2.49. The molecule has 1 aromatic heterocycles. The number of nitrogens with zero attached hydrogens (tertiary/aromatic N) is 1. The molecule has 168 valence electrons. The molecule has 0 radical (unpaired) electrons. The lowest BCUT2D eigenvalue weighted by atomic mass is 9.65. The number of hydrogen-bond acceptors (Lipinski definition) is 5. The number of hydrogen-bond donors (Lipinski definition) is 2. The van der Waals surface area contributed by atoms with Gasteiger partial charge in [-0.25, -0.2) is 4.79 Å². The molecule has 3 atom stereocenters. The second kappa shape index (κ2) is 9.49.